The van der Waals surface area contributed by atoms with Gasteiger partial charge in [-0.15, -0.1) is 0 Å². The van der Waals surface area contributed by atoms with Gasteiger partial charge in [-0.3, -0.25) is 9.05 Å². The Labute approximate surface area is 262 Å². The van der Waals surface area contributed by atoms with Crippen LogP contribution < -0.4 is 4.52 Å². The standard InChI is InChI=1S/C33H48ClFNO6P/c1-3-4-5-6-7-8-9-10-11-12-13-14-17-20-39-26-31(40-25-29-21-28(24-36)22-30(35)23-29)27-41-43(37,38-2)42-33-19-16-15-18-32(33)34/h15-16,18-19,21-23,31H,3-14,17,20,25-27H2,1-2H3/t31-,43?/m1/s1. The van der Waals surface area contributed by atoms with Crippen LogP contribution in [-0.4, -0.2) is 33.0 Å². The lowest BCUT2D eigenvalue weighted by Gasteiger charge is -2.22. The second kappa shape index (κ2) is 22.5. The highest BCUT2D eigenvalue weighted by Crippen LogP contribution is 2.50. The van der Waals surface area contributed by atoms with Crippen LogP contribution in [0, 0.1) is 17.1 Å². The normalized spacial score (nSPS) is 13.4. The van der Waals surface area contributed by atoms with Crippen molar-refractivity contribution >= 4 is 19.4 Å². The molecule has 0 bridgehead atoms. The highest BCUT2D eigenvalue weighted by Gasteiger charge is 2.30. The highest BCUT2D eigenvalue weighted by molar-refractivity contribution is 7.48. The summed E-state index contributed by atoms with van der Waals surface area (Å²) in [4.78, 5) is 0. The lowest BCUT2D eigenvalue weighted by atomic mass is 10.0. The van der Waals surface area contributed by atoms with Gasteiger partial charge in [-0.05, 0) is 42.3 Å². The van der Waals surface area contributed by atoms with Gasteiger partial charge < -0.3 is 14.0 Å². The number of phosphoric acid groups is 1. The van der Waals surface area contributed by atoms with E-state index in [1.54, 1.807) is 30.3 Å². The summed E-state index contributed by atoms with van der Waals surface area (Å²) in [6.07, 6.45) is 15.8. The molecule has 2 aromatic rings. The van der Waals surface area contributed by atoms with E-state index in [4.69, 9.17) is 39.9 Å². The van der Waals surface area contributed by atoms with E-state index in [1.807, 2.05) is 6.07 Å². The van der Waals surface area contributed by atoms with Gasteiger partial charge in [0, 0.05) is 13.7 Å². The summed E-state index contributed by atoms with van der Waals surface area (Å²) < 4.78 is 54.9. The van der Waals surface area contributed by atoms with Crippen LogP contribution in [0.1, 0.15) is 102 Å². The zero-order chi connectivity index (χ0) is 31.2. The Hall–Kier alpha value is -1.98. The summed E-state index contributed by atoms with van der Waals surface area (Å²) in [5.41, 5.74) is 0.683. The molecule has 2 aromatic carbocycles. The molecule has 0 fully saturated rings. The van der Waals surface area contributed by atoms with Gasteiger partial charge in [0.15, 0.2) is 0 Å². The highest BCUT2D eigenvalue weighted by atomic mass is 35.5. The molecule has 0 aliphatic carbocycles. The van der Waals surface area contributed by atoms with Gasteiger partial charge in [-0.2, -0.15) is 5.26 Å². The van der Waals surface area contributed by atoms with Crippen LogP contribution in [0.2, 0.25) is 5.02 Å². The van der Waals surface area contributed by atoms with Crippen molar-refractivity contribution in [1.29, 1.82) is 5.26 Å². The number of ether oxygens (including phenoxy) is 2. The van der Waals surface area contributed by atoms with Crippen LogP contribution in [0.15, 0.2) is 42.5 Å². The molecular formula is C33H48ClFNO6P. The van der Waals surface area contributed by atoms with Crippen molar-refractivity contribution in [2.45, 2.75) is 103 Å². The van der Waals surface area contributed by atoms with E-state index < -0.39 is 19.7 Å². The van der Waals surface area contributed by atoms with E-state index in [0.29, 0.717) is 12.2 Å². The average molecular weight is 640 g/mol. The fraction of sp³-hybridized carbons (Fsp3) is 0.606. The summed E-state index contributed by atoms with van der Waals surface area (Å²) in [7, 11) is -2.80. The molecule has 0 saturated carbocycles. The van der Waals surface area contributed by atoms with Crippen molar-refractivity contribution in [3.8, 4) is 11.8 Å². The summed E-state index contributed by atoms with van der Waals surface area (Å²) in [6, 6.07) is 12.5. The summed E-state index contributed by atoms with van der Waals surface area (Å²) in [6.45, 7) is 2.80. The fourth-order valence-corrected chi connectivity index (χ4v) is 5.73. The third kappa shape index (κ3) is 16.6. The number of phosphoric ester groups is 1. The Morgan fingerprint density at radius 3 is 2.14 bits per heavy atom. The Morgan fingerprint density at radius 1 is 0.907 bits per heavy atom. The first-order valence-electron chi connectivity index (χ1n) is 15.5. The Kier molecular flexibility index (Phi) is 19.5. The van der Waals surface area contributed by atoms with E-state index in [-0.39, 0.29) is 36.2 Å². The largest absolute Gasteiger partial charge is 0.529 e. The number of hydrogen-bond acceptors (Lipinski definition) is 7. The van der Waals surface area contributed by atoms with E-state index in [9.17, 15) is 8.96 Å². The minimum atomic E-state index is -4.02. The van der Waals surface area contributed by atoms with Crippen LogP contribution in [0.4, 0.5) is 4.39 Å². The van der Waals surface area contributed by atoms with Crippen molar-refractivity contribution in [1.82, 2.24) is 0 Å². The number of halogens is 2. The predicted octanol–water partition coefficient (Wildman–Crippen LogP) is 10.2. The van der Waals surface area contributed by atoms with Crippen molar-refractivity contribution in [3.63, 3.8) is 0 Å². The van der Waals surface area contributed by atoms with E-state index in [1.165, 1.54) is 83.8 Å². The Balaban J connectivity index is 1.76. The smallest absolute Gasteiger partial charge is 0.402 e. The summed E-state index contributed by atoms with van der Waals surface area (Å²) in [5, 5.41) is 9.40. The molecule has 0 radical (unpaired) electrons. The number of unbranched alkanes of at least 4 members (excludes halogenated alkanes) is 12. The van der Waals surface area contributed by atoms with Crippen molar-refractivity contribution in [3.05, 3.63) is 64.4 Å². The second-order valence-corrected chi connectivity index (χ2v) is 12.8. The molecule has 10 heteroatoms. The molecular weight excluding hydrogens is 592 g/mol. The molecule has 0 amide bonds. The molecule has 0 heterocycles. The average Bonchev–Trinajstić information content (AvgIpc) is 3.00. The van der Waals surface area contributed by atoms with Crippen LogP contribution in [0.25, 0.3) is 0 Å². The maximum Gasteiger partial charge on any atom is 0.529 e. The Morgan fingerprint density at radius 2 is 1.53 bits per heavy atom. The Bertz CT molecular complexity index is 1130. The molecule has 0 aliphatic rings. The number of hydrogen-bond donors (Lipinski definition) is 0. The van der Waals surface area contributed by atoms with Gasteiger partial charge in [-0.25, -0.2) is 8.96 Å². The van der Waals surface area contributed by atoms with E-state index in [0.717, 1.165) is 18.9 Å². The molecule has 2 rings (SSSR count). The maximum absolute atomic E-state index is 13.9. The first-order valence-corrected chi connectivity index (χ1v) is 17.4. The second-order valence-electron chi connectivity index (χ2n) is 10.7. The summed E-state index contributed by atoms with van der Waals surface area (Å²) in [5.74, 6) is -0.365. The molecule has 0 N–H and O–H groups in total. The molecule has 0 aromatic heterocycles. The number of rotatable bonds is 25. The fourth-order valence-electron chi connectivity index (χ4n) is 4.52. The number of para-hydroxylation sites is 1. The third-order valence-corrected chi connectivity index (χ3v) is 8.60. The van der Waals surface area contributed by atoms with Gasteiger partial charge >= 0.3 is 7.82 Å². The molecule has 0 aliphatic heterocycles. The van der Waals surface area contributed by atoms with Gasteiger partial charge in [0.1, 0.15) is 17.7 Å². The molecule has 1 unspecified atom stereocenters. The van der Waals surface area contributed by atoms with Crippen LogP contribution in [-0.2, 0) is 29.7 Å². The lowest BCUT2D eigenvalue weighted by Crippen LogP contribution is -2.26. The maximum atomic E-state index is 13.9. The van der Waals surface area contributed by atoms with Crippen molar-refractivity contribution in [2.75, 3.05) is 26.9 Å². The third-order valence-electron chi connectivity index (χ3n) is 6.96. The van der Waals surface area contributed by atoms with Crippen LogP contribution in [0.5, 0.6) is 5.75 Å². The molecule has 43 heavy (non-hydrogen) atoms. The molecule has 240 valence electrons. The minimum absolute atomic E-state index is 0.00518. The molecule has 0 saturated heterocycles. The number of nitriles is 1. The van der Waals surface area contributed by atoms with Gasteiger partial charge in [-0.1, -0.05) is 108 Å². The van der Waals surface area contributed by atoms with Crippen molar-refractivity contribution < 1.29 is 32.0 Å². The van der Waals surface area contributed by atoms with Crippen LogP contribution in [0.3, 0.4) is 0 Å². The van der Waals surface area contributed by atoms with Crippen molar-refractivity contribution in [2.24, 2.45) is 0 Å². The molecule has 7 nitrogen and oxygen atoms in total. The SMILES string of the molecule is CCCCCCCCCCCCCCCOC[C@H](COP(=O)(OC)Oc1ccccc1Cl)OCc1cc(F)cc(C#N)c1. The zero-order valence-corrected chi connectivity index (χ0v) is 27.4. The van der Waals surface area contributed by atoms with Gasteiger partial charge in [0.05, 0.1) is 36.5 Å². The number of benzene rings is 2. The van der Waals surface area contributed by atoms with E-state index in [2.05, 4.69) is 6.92 Å². The van der Waals surface area contributed by atoms with Crippen LogP contribution >= 0.6 is 19.4 Å². The molecule has 2 atom stereocenters. The molecule has 0 spiro atoms. The van der Waals surface area contributed by atoms with E-state index >= 15 is 0 Å². The quantitative estimate of drug-likeness (QED) is 0.0789. The number of nitrogens with zero attached hydrogens (tertiary/aromatic N) is 1. The first-order chi connectivity index (χ1) is 20.9. The van der Waals surface area contributed by atoms with Gasteiger partial charge in [0.25, 0.3) is 0 Å². The topological polar surface area (TPSA) is 87.0 Å². The summed E-state index contributed by atoms with van der Waals surface area (Å²) >= 11 is 6.13. The monoisotopic (exact) mass is 639 g/mol. The van der Waals surface area contributed by atoms with Gasteiger partial charge in [0.2, 0.25) is 0 Å². The zero-order valence-electron chi connectivity index (χ0n) is 25.7. The predicted molar refractivity (Wildman–Crippen MR) is 169 cm³/mol. The first kappa shape index (κ1) is 37.2. The lowest BCUT2D eigenvalue weighted by molar-refractivity contribution is -0.0496. The minimum Gasteiger partial charge on any atom is -0.402 e.